The smallest absolute Gasteiger partial charge is 0.243 e. The van der Waals surface area contributed by atoms with Crippen LogP contribution in [0.5, 0.6) is 0 Å². The van der Waals surface area contributed by atoms with E-state index in [2.05, 4.69) is 48.3 Å². The first kappa shape index (κ1) is 27.6. The number of benzene rings is 2. The van der Waals surface area contributed by atoms with Gasteiger partial charge in [-0.15, -0.1) is 0 Å². The van der Waals surface area contributed by atoms with Crippen molar-refractivity contribution < 1.29 is 14.0 Å². The molecule has 2 fully saturated rings. The van der Waals surface area contributed by atoms with Crippen molar-refractivity contribution in [3.8, 4) is 0 Å². The molecular weight excluding hydrogens is 491 g/mol. The minimum Gasteiger partial charge on any atom is -0.350 e. The van der Waals surface area contributed by atoms with Gasteiger partial charge in [0, 0.05) is 31.7 Å². The van der Waals surface area contributed by atoms with Crippen LogP contribution in [0.25, 0.3) is 0 Å². The summed E-state index contributed by atoms with van der Waals surface area (Å²) in [5, 5.41) is 2.98. The van der Waals surface area contributed by atoms with Crippen LogP contribution in [0.15, 0.2) is 48.5 Å². The van der Waals surface area contributed by atoms with Gasteiger partial charge in [0.1, 0.15) is 11.9 Å². The highest BCUT2D eigenvalue weighted by atomic mass is 35.5. The number of carbonyl (C=O) groups is 2. The van der Waals surface area contributed by atoms with Crippen molar-refractivity contribution in [3.05, 3.63) is 70.5 Å². The number of hydrogen-bond donors (Lipinski definition) is 2. The van der Waals surface area contributed by atoms with E-state index in [4.69, 9.17) is 17.3 Å². The van der Waals surface area contributed by atoms with Crippen molar-refractivity contribution in [2.45, 2.75) is 76.7 Å². The first-order chi connectivity index (χ1) is 17.7. The Labute approximate surface area is 224 Å². The van der Waals surface area contributed by atoms with Crippen LogP contribution in [0.4, 0.5) is 4.39 Å². The van der Waals surface area contributed by atoms with Gasteiger partial charge in [-0.2, -0.15) is 0 Å². The molecule has 1 unspecified atom stereocenters. The molecule has 37 heavy (non-hydrogen) atoms. The molecule has 0 spiro atoms. The Hall–Kier alpha value is -2.48. The summed E-state index contributed by atoms with van der Waals surface area (Å²) < 4.78 is 13.9. The quantitative estimate of drug-likeness (QED) is 0.512. The van der Waals surface area contributed by atoms with E-state index < -0.39 is 11.9 Å². The van der Waals surface area contributed by atoms with Crippen LogP contribution in [-0.2, 0) is 22.6 Å². The van der Waals surface area contributed by atoms with Gasteiger partial charge in [-0.3, -0.25) is 14.5 Å². The lowest BCUT2D eigenvalue weighted by Crippen LogP contribution is -2.53. The number of aryl methyl sites for hydroxylation is 1. The molecule has 2 aliphatic heterocycles. The fourth-order valence-electron chi connectivity index (χ4n) is 5.67. The van der Waals surface area contributed by atoms with Crippen molar-refractivity contribution in [2.75, 3.05) is 13.1 Å². The molecule has 2 amide bonds. The summed E-state index contributed by atoms with van der Waals surface area (Å²) in [6, 6.07) is 14.2. The maximum absolute atomic E-state index is 13.9. The van der Waals surface area contributed by atoms with Crippen LogP contribution >= 0.6 is 11.6 Å². The lowest BCUT2D eigenvalue weighted by Gasteiger charge is -2.33. The van der Waals surface area contributed by atoms with Gasteiger partial charge in [-0.1, -0.05) is 61.8 Å². The number of nitrogens with one attached hydrogen (secondary N) is 1. The Morgan fingerprint density at radius 2 is 1.95 bits per heavy atom. The number of nitrogens with zero attached hydrogens (tertiary/aromatic N) is 2. The monoisotopic (exact) mass is 528 g/mol. The van der Waals surface area contributed by atoms with Crippen molar-refractivity contribution >= 4 is 23.4 Å². The Morgan fingerprint density at radius 1 is 1.19 bits per heavy atom. The molecule has 0 bridgehead atoms. The summed E-state index contributed by atoms with van der Waals surface area (Å²) in [4.78, 5) is 31.4. The molecule has 4 atom stereocenters. The van der Waals surface area contributed by atoms with E-state index >= 15 is 0 Å². The molecule has 2 saturated heterocycles. The number of fused-ring (bicyclic) bond motifs is 1. The van der Waals surface area contributed by atoms with Crippen molar-refractivity contribution in [1.82, 2.24) is 15.1 Å². The molecule has 4 rings (SSSR count). The highest BCUT2D eigenvalue weighted by Crippen LogP contribution is 2.30. The van der Waals surface area contributed by atoms with Crippen molar-refractivity contribution in [3.63, 3.8) is 0 Å². The fraction of sp³-hybridized carbons (Fsp3) is 0.517. The van der Waals surface area contributed by atoms with E-state index in [1.54, 1.807) is 11.0 Å². The van der Waals surface area contributed by atoms with E-state index in [9.17, 15) is 14.0 Å². The molecule has 3 N–H and O–H groups in total. The second-order valence-corrected chi connectivity index (χ2v) is 11.2. The van der Waals surface area contributed by atoms with Crippen LogP contribution in [0.1, 0.15) is 50.7 Å². The molecule has 6 nitrogen and oxygen atoms in total. The zero-order valence-corrected chi connectivity index (χ0v) is 22.5. The summed E-state index contributed by atoms with van der Waals surface area (Å²) >= 11 is 5.79. The van der Waals surface area contributed by atoms with Crippen LogP contribution in [0.3, 0.4) is 0 Å². The van der Waals surface area contributed by atoms with Gasteiger partial charge < -0.3 is 16.0 Å². The van der Waals surface area contributed by atoms with Gasteiger partial charge in [-0.25, -0.2) is 4.39 Å². The second kappa shape index (κ2) is 12.4. The van der Waals surface area contributed by atoms with Crippen LogP contribution in [0.2, 0.25) is 5.02 Å². The number of hydrogen-bond acceptors (Lipinski definition) is 4. The maximum atomic E-state index is 13.9. The molecule has 8 heteroatoms. The Kier molecular flexibility index (Phi) is 9.22. The van der Waals surface area contributed by atoms with Crippen LogP contribution in [0, 0.1) is 11.7 Å². The standard InChI is InChI=1S/C29H38ClFN4O2/c1-19(2)14-26(28(36)33-17-21-9-11-24(30)25(31)15-21)34-13-12-23(10-8-20-6-4-3-5-7-20)35-18-22(32)16-27(35)29(34)37/h3-7,9,11,15,19,22-23,26-27H,8,10,12-14,16-18,32H2,1-2H3,(H,33,36)/t22-,23?,26-,27+/m1/s1. The molecule has 0 aliphatic carbocycles. The average Bonchev–Trinajstić information content (AvgIpc) is 3.22. The molecule has 0 saturated carbocycles. The number of nitrogens with two attached hydrogens (primary N) is 1. The van der Waals surface area contributed by atoms with E-state index in [0.717, 1.165) is 19.3 Å². The number of amides is 2. The van der Waals surface area contributed by atoms with Crippen LogP contribution < -0.4 is 11.1 Å². The van der Waals surface area contributed by atoms with Gasteiger partial charge >= 0.3 is 0 Å². The summed E-state index contributed by atoms with van der Waals surface area (Å²) in [5.41, 5.74) is 8.25. The fourth-order valence-corrected chi connectivity index (χ4v) is 5.79. The van der Waals surface area contributed by atoms with E-state index in [1.807, 2.05) is 6.07 Å². The van der Waals surface area contributed by atoms with Gasteiger partial charge in [-0.05, 0) is 61.3 Å². The Morgan fingerprint density at radius 3 is 2.65 bits per heavy atom. The highest BCUT2D eigenvalue weighted by Gasteiger charge is 2.45. The third-order valence-electron chi connectivity index (χ3n) is 7.55. The SMILES string of the molecule is CC(C)C[C@H](C(=O)NCc1ccc(Cl)c(F)c1)N1CCC(CCc2ccccc2)N2C[C@H](N)C[C@H]2C1=O. The first-order valence-electron chi connectivity index (χ1n) is 13.3. The molecule has 0 radical (unpaired) electrons. The lowest BCUT2D eigenvalue weighted by atomic mass is 9.99. The number of halogens is 2. The molecule has 2 heterocycles. The van der Waals surface area contributed by atoms with Gasteiger partial charge in [0.15, 0.2) is 0 Å². The molecule has 2 aromatic rings. The minimum atomic E-state index is -0.587. The average molecular weight is 529 g/mol. The predicted molar refractivity (Wildman–Crippen MR) is 144 cm³/mol. The zero-order valence-electron chi connectivity index (χ0n) is 21.7. The van der Waals surface area contributed by atoms with Gasteiger partial charge in [0.05, 0.1) is 11.1 Å². The number of carbonyl (C=O) groups excluding carboxylic acids is 2. The minimum absolute atomic E-state index is 0.00602. The van der Waals surface area contributed by atoms with Gasteiger partial charge in [0.25, 0.3) is 0 Å². The summed E-state index contributed by atoms with van der Waals surface area (Å²) in [6.45, 7) is 5.51. The van der Waals surface area contributed by atoms with Gasteiger partial charge in [0.2, 0.25) is 11.8 Å². The van der Waals surface area contributed by atoms with E-state index in [1.165, 1.54) is 17.7 Å². The second-order valence-electron chi connectivity index (χ2n) is 10.8. The molecular formula is C29H38ClFN4O2. The van der Waals surface area contributed by atoms with Crippen molar-refractivity contribution in [2.24, 2.45) is 11.7 Å². The summed E-state index contributed by atoms with van der Waals surface area (Å²) in [7, 11) is 0. The molecule has 0 aromatic heterocycles. The molecule has 200 valence electrons. The lowest BCUT2D eigenvalue weighted by molar-refractivity contribution is -0.143. The third kappa shape index (κ3) is 6.89. The van der Waals surface area contributed by atoms with Crippen molar-refractivity contribution in [1.29, 1.82) is 0 Å². The van der Waals surface area contributed by atoms with E-state index in [0.29, 0.717) is 31.5 Å². The molecule has 2 aliphatic rings. The van der Waals surface area contributed by atoms with E-state index in [-0.39, 0.29) is 47.4 Å². The zero-order chi connectivity index (χ0) is 26.5. The largest absolute Gasteiger partial charge is 0.350 e. The normalized spacial score (nSPS) is 23.1. The summed E-state index contributed by atoms with van der Waals surface area (Å²) in [5.74, 6) is -0.521. The van der Waals surface area contributed by atoms with Crippen LogP contribution in [-0.4, -0.2) is 58.9 Å². The predicted octanol–water partition coefficient (Wildman–Crippen LogP) is 4.15. The first-order valence-corrected chi connectivity index (χ1v) is 13.7. The Bertz CT molecular complexity index is 1080. The topological polar surface area (TPSA) is 78.7 Å². The highest BCUT2D eigenvalue weighted by molar-refractivity contribution is 6.30. The molecule has 2 aromatic carbocycles. The Balaban J connectivity index is 1.50. The third-order valence-corrected chi connectivity index (χ3v) is 7.85. The maximum Gasteiger partial charge on any atom is 0.243 e. The number of rotatable bonds is 9. The summed E-state index contributed by atoms with van der Waals surface area (Å²) in [6.07, 6.45) is 3.84.